The molecule has 3 aromatic rings. The zero-order valence-corrected chi connectivity index (χ0v) is 16.3. The van der Waals surface area contributed by atoms with Crippen molar-refractivity contribution < 1.29 is 14.3 Å². The van der Waals surface area contributed by atoms with Crippen molar-refractivity contribution in [1.82, 2.24) is 0 Å². The molecule has 3 rings (SSSR count). The van der Waals surface area contributed by atoms with Gasteiger partial charge in [0, 0.05) is 10.4 Å². The Morgan fingerprint density at radius 2 is 1.33 bits per heavy atom. The predicted octanol–water partition coefficient (Wildman–Crippen LogP) is 5.61. The molecule has 0 amide bonds. The molecule has 0 fully saturated rings. The summed E-state index contributed by atoms with van der Waals surface area (Å²) in [5, 5.41) is 0. The van der Waals surface area contributed by atoms with Gasteiger partial charge in [0.2, 0.25) is 0 Å². The van der Waals surface area contributed by atoms with E-state index in [1.54, 1.807) is 12.1 Å². The zero-order chi connectivity index (χ0) is 19.1. The van der Waals surface area contributed by atoms with Crippen molar-refractivity contribution in [2.75, 3.05) is 6.61 Å². The molecule has 0 radical (unpaired) electrons. The molecule has 0 bridgehead atoms. The van der Waals surface area contributed by atoms with Crippen molar-refractivity contribution in [3.8, 4) is 11.1 Å². The van der Waals surface area contributed by atoms with Crippen LogP contribution in [0.3, 0.4) is 0 Å². The molecule has 0 heterocycles. The highest BCUT2D eigenvalue weighted by Crippen LogP contribution is 2.26. The topological polar surface area (TPSA) is 43.4 Å². The molecule has 0 saturated heterocycles. The Kier molecular flexibility index (Phi) is 6.55. The van der Waals surface area contributed by atoms with Crippen LogP contribution in [0.4, 0.5) is 0 Å². The van der Waals surface area contributed by atoms with E-state index in [-0.39, 0.29) is 23.6 Å². The van der Waals surface area contributed by atoms with Crippen molar-refractivity contribution in [2.24, 2.45) is 0 Å². The van der Waals surface area contributed by atoms with Crippen LogP contribution in [0.15, 0.2) is 84.9 Å². The number of halogens is 1. The Labute approximate surface area is 167 Å². The number of hydrogen-bond donors (Lipinski definition) is 0. The molecule has 0 saturated carbocycles. The summed E-state index contributed by atoms with van der Waals surface area (Å²) in [6.07, 6.45) is 0.171. The van der Waals surface area contributed by atoms with Gasteiger partial charge in [0.25, 0.3) is 0 Å². The van der Waals surface area contributed by atoms with Gasteiger partial charge < -0.3 is 4.74 Å². The van der Waals surface area contributed by atoms with Gasteiger partial charge in [-0.25, -0.2) is 0 Å². The van der Waals surface area contributed by atoms with Crippen molar-refractivity contribution in [2.45, 2.75) is 11.2 Å². The van der Waals surface area contributed by atoms with Gasteiger partial charge in [-0.3, -0.25) is 9.59 Å². The van der Waals surface area contributed by atoms with Gasteiger partial charge in [0.15, 0.2) is 12.4 Å². The molecular weight excluding hydrogens is 404 g/mol. The fourth-order valence-corrected chi connectivity index (χ4v) is 3.26. The molecule has 3 aromatic carbocycles. The van der Waals surface area contributed by atoms with E-state index in [1.807, 2.05) is 72.8 Å². The first-order valence-corrected chi connectivity index (χ1v) is 9.58. The van der Waals surface area contributed by atoms with Crippen LogP contribution in [0, 0.1) is 0 Å². The van der Waals surface area contributed by atoms with E-state index in [4.69, 9.17) is 4.74 Å². The number of rotatable bonds is 7. The fourth-order valence-electron chi connectivity index (χ4n) is 2.69. The number of hydrogen-bond acceptors (Lipinski definition) is 3. The number of benzene rings is 3. The van der Waals surface area contributed by atoms with Crippen LogP contribution in [0.1, 0.15) is 27.2 Å². The maximum Gasteiger partial charge on any atom is 0.307 e. The highest BCUT2D eigenvalue weighted by Gasteiger charge is 2.15. The highest BCUT2D eigenvalue weighted by molar-refractivity contribution is 9.09. The van der Waals surface area contributed by atoms with Gasteiger partial charge in [-0.2, -0.15) is 0 Å². The quantitative estimate of drug-likeness (QED) is 0.282. The maximum absolute atomic E-state index is 12.3. The number of ketones is 1. The van der Waals surface area contributed by atoms with Gasteiger partial charge in [-0.15, -0.1) is 0 Å². The number of Topliss-reactive ketones (excluding diaryl/α,β-unsaturated/α-hetero) is 1. The average Bonchev–Trinajstić information content (AvgIpc) is 2.73. The molecule has 136 valence electrons. The molecule has 0 N–H and O–H groups in total. The summed E-state index contributed by atoms with van der Waals surface area (Å²) in [7, 11) is 0. The third-order valence-corrected chi connectivity index (χ3v) is 5.04. The van der Waals surface area contributed by atoms with Crippen LogP contribution in [0.5, 0.6) is 0 Å². The van der Waals surface area contributed by atoms with Crippen LogP contribution in [-0.2, 0) is 9.53 Å². The lowest BCUT2D eigenvalue weighted by Gasteiger charge is -2.10. The summed E-state index contributed by atoms with van der Waals surface area (Å²) in [6, 6.07) is 26.9. The van der Waals surface area contributed by atoms with Crippen molar-refractivity contribution >= 4 is 27.7 Å². The first kappa shape index (κ1) is 19.1. The maximum atomic E-state index is 12.3. The van der Waals surface area contributed by atoms with E-state index in [1.165, 1.54) is 0 Å². The molecule has 0 aliphatic rings. The van der Waals surface area contributed by atoms with Crippen LogP contribution < -0.4 is 0 Å². The van der Waals surface area contributed by atoms with Crippen molar-refractivity contribution in [3.05, 3.63) is 96.1 Å². The molecule has 0 aromatic heterocycles. The van der Waals surface area contributed by atoms with Gasteiger partial charge in [0.05, 0.1) is 6.42 Å². The van der Waals surface area contributed by atoms with Crippen molar-refractivity contribution in [3.63, 3.8) is 0 Å². The number of esters is 1. The fraction of sp³-hybridized carbons (Fsp3) is 0.130. The minimum Gasteiger partial charge on any atom is -0.457 e. The average molecular weight is 423 g/mol. The van der Waals surface area contributed by atoms with Gasteiger partial charge >= 0.3 is 5.97 Å². The first-order chi connectivity index (χ1) is 13.1. The smallest absolute Gasteiger partial charge is 0.307 e. The van der Waals surface area contributed by atoms with Crippen LogP contribution in [0.2, 0.25) is 0 Å². The van der Waals surface area contributed by atoms with E-state index in [9.17, 15) is 9.59 Å². The van der Waals surface area contributed by atoms with E-state index < -0.39 is 5.97 Å². The lowest BCUT2D eigenvalue weighted by molar-refractivity contribution is -0.142. The Hall–Kier alpha value is -2.72. The Balaban J connectivity index is 1.52. The Morgan fingerprint density at radius 1 is 0.778 bits per heavy atom. The van der Waals surface area contributed by atoms with Crippen molar-refractivity contribution in [1.29, 1.82) is 0 Å². The molecule has 1 atom stereocenters. The molecule has 0 aliphatic carbocycles. The minimum absolute atomic E-state index is 0.133. The van der Waals surface area contributed by atoms with E-state index in [0.717, 1.165) is 16.7 Å². The van der Waals surface area contributed by atoms with E-state index in [2.05, 4.69) is 15.9 Å². The predicted molar refractivity (Wildman–Crippen MR) is 110 cm³/mol. The molecule has 27 heavy (non-hydrogen) atoms. The summed E-state index contributed by atoms with van der Waals surface area (Å²) in [4.78, 5) is 24.1. The summed E-state index contributed by atoms with van der Waals surface area (Å²) < 4.78 is 5.15. The molecule has 0 aliphatic heterocycles. The second-order valence-corrected chi connectivity index (χ2v) is 7.21. The second-order valence-electron chi connectivity index (χ2n) is 6.11. The second kappa shape index (κ2) is 9.28. The van der Waals surface area contributed by atoms with Gasteiger partial charge in [-0.1, -0.05) is 101 Å². The Morgan fingerprint density at radius 3 is 1.96 bits per heavy atom. The van der Waals surface area contributed by atoms with Crippen LogP contribution in [-0.4, -0.2) is 18.4 Å². The monoisotopic (exact) mass is 422 g/mol. The third kappa shape index (κ3) is 5.38. The Bertz CT molecular complexity index is 890. The van der Waals surface area contributed by atoms with E-state index >= 15 is 0 Å². The summed E-state index contributed by atoms with van der Waals surface area (Å²) in [6.45, 7) is -0.252. The zero-order valence-electron chi connectivity index (χ0n) is 14.7. The SMILES string of the molecule is O=C(CC(Br)c1ccccc1)OCC(=O)c1ccc(-c2ccccc2)cc1. The number of carbonyl (C=O) groups excluding carboxylic acids is 2. The third-order valence-electron chi connectivity index (χ3n) is 4.19. The normalized spacial score (nSPS) is 11.6. The molecule has 3 nitrogen and oxygen atoms in total. The molecule has 4 heteroatoms. The first-order valence-electron chi connectivity index (χ1n) is 8.67. The molecule has 0 spiro atoms. The lowest BCUT2D eigenvalue weighted by atomic mass is 10.0. The number of carbonyl (C=O) groups is 2. The van der Waals surface area contributed by atoms with E-state index in [0.29, 0.717) is 5.56 Å². The number of ether oxygens (including phenoxy) is 1. The van der Waals surface area contributed by atoms with Crippen LogP contribution in [0.25, 0.3) is 11.1 Å². The molecular formula is C23H19BrO3. The lowest BCUT2D eigenvalue weighted by Crippen LogP contribution is -2.15. The number of alkyl halides is 1. The summed E-state index contributed by atoms with van der Waals surface area (Å²) >= 11 is 3.48. The van der Waals surface area contributed by atoms with Crippen LogP contribution >= 0.6 is 15.9 Å². The summed E-state index contributed by atoms with van der Waals surface area (Å²) in [5.41, 5.74) is 3.65. The largest absolute Gasteiger partial charge is 0.457 e. The summed E-state index contributed by atoms with van der Waals surface area (Å²) in [5.74, 6) is -0.622. The highest BCUT2D eigenvalue weighted by atomic mass is 79.9. The standard InChI is InChI=1S/C23H19BrO3/c24-21(19-9-5-2-6-10-19)15-23(26)27-16-22(25)20-13-11-18(12-14-20)17-7-3-1-4-8-17/h1-14,21H,15-16H2. The van der Waals surface area contributed by atoms with Gasteiger partial charge in [-0.05, 0) is 16.7 Å². The molecule has 1 unspecified atom stereocenters. The van der Waals surface area contributed by atoms with Gasteiger partial charge in [0.1, 0.15) is 0 Å². The minimum atomic E-state index is -0.407.